The highest BCUT2D eigenvalue weighted by Gasteiger charge is 2.12. The second-order valence-corrected chi connectivity index (χ2v) is 5.85. The van der Waals surface area contributed by atoms with Crippen molar-refractivity contribution in [2.45, 2.75) is 19.4 Å². The van der Waals surface area contributed by atoms with Crippen LogP contribution in [0.5, 0.6) is 0 Å². The number of pyridine rings is 1. The molecule has 0 fully saturated rings. The molecule has 1 atom stereocenters. The van der Waals surface area contributed by atoms with Crippen molar-refractivity contribution in [2.24, 2.45) is 0 Å². The second-order valence-electron chi connectivity index (χ2n) is 4.53. The third-order valence-corrected chi connectivity index (χ3v) is 3.66. The quantitative estimate of drug-likeness (QED) is 0.907. The van der Waals surface area contributed by atoms with Crippen LogP contribution in [0.15, 0.2) is 47.1 Å². The summed E-state index contributed by atoms with van der Waals surface area (Å²) >= 11 is 9.40. The molecule has 1 aromatic heterocycles. The van der Waals surface area contributed by atoms with Crippen molar-refractivity contribution in [3.63, 3.8) is 0 Å². The summed E-state index contributed by atoms with van der Waals surface area (Å²) in [5.41, 5.74) is 1.42. The maximum absolute atomic E-state index is 12.0. The van der Waals surface area contributed by atoms with Crippen LogP contribution in [0.2, 0.25) is 5.02 Å². The fourth-order valence-corrected chi connectivity index (χ4v) is 2.30. The molecule has 0 aliphatic carbocycles. The number of carbonyl (C=O) groups excluding carboxylic acids is 1. The van der Waals surface area contributed by atoms with Crippen LogP contribution in [-0.2, 0) is 6.42 Å². The molecule has 20 heavy (non-hydrogen) atoms. The molecule has 2 rings (SSSR count). The van der Waals surface area contributed by atoms with E-state index in [4.69, 9.17) is 11.6 Å². The van der Waals surface area contributed by atoms with E-state index in [9.17, 15) is 4.79 Å². The van der Waals surface area contributed by atoms with Crippen molar-refractivity contribution in [1.82, 2.24) is 10.3 Å². The molecule has 1 amide bonds. The molecule has 1 heterocycles. The lowest BCUT2D eigenvalue weighted by Gasteiger charge is -2.14. The molecule has 0 aliphatic heterocycles. The van der Waals surface area contributed by atoms with Crippen LogP contribution in [0.4, 0.5) is 0 Å². The summed E-state index contributed by atoms with van der Waals surface area (Å²) in [5.74, 6) is -0.183. The summed E-state index contributed by atoms with van der Waals surface area (Å²) in [6, 6.07) is 11.1. The minimum Gasteiger partial charge on any atom is -0.348 e. The number of benzene rings is 1. The predicted molar refractivity (Wildman–Crippen MR) is 84.0 cm³/mol. The number of nitrogens with one attached hydrogen (secondary N) is 1. The van der Waals surface area contributed by atoms with Crippen LogP contribution in [0, 0.1) is 0 Å². The van der Waals surface area contributed by atoms with Gasteiger partial charge in [-0.1, -0.05) is 29.8 Å². The lowest BCUT2D eigenvalue weighted by atomic mass is 10.1. The molecule has 1 unspecified atom stereocenters. The number of hydrogen-bond acceptors (Lipinski definition) is 2. The zero-order valence-electron chi connectivity index (χ0n) is 10.9. The standard InChI is InChI=1S/C15H14BrClN2O/c1-10(8-11-4-2-3-5-13(11)17)19-15(20)14-7-6-12(16)9-18-14/h2-7,9-10H,8H2,1H3,(H,19,20). The van der Waals surface area contributed by atoms with Crippen LogP contribution in [0.1, 0.15) is 23.0 Å². The Labute approximate surface area is 131 Å². The van der Waals surface area contributed by atoms with Gasteiger partial charge in [-0.2, -0.15) is 0 Å². The summed E-state index contributed by atoms with van der Waals surface area (Å²) in [6.07, 6.45) is 2.29. The van der Waals surface area contributed by atoms with Gasteiger partial charge in [0.1, 0.15) is 5.69 Å². The van der Waals surface area contributed by atoms with Crippen LogP contribution >= 0.6 is 27.5 Å². The summed E-state index contributed by atoms with van der Waals surface area (Å²) in [5, 5.41) is 3.63. The Hall–Kier alpha value is -1.39. The van der Waals surface area contributed by atoms with Gasteiger partial charge in [-0.3, -0.25) is 4.79 Å². The molecule has 104 valence electrons. The number of amides is 1. The van der Waals surface area contributed by atoms with E-state index in [0.29, 0.717) is 12.1 Å². The van der Waals surface area contributed by atoms with Gasteiger partial charge in [-0.05, 0) is 53.0 Å². The second kappa shape index (κ2) is 6.86. The van der Waals surface area contributed by atoms with Gasteiger partial charge in [0, 0.05) is 21.7 Å². The van der Waals surface area contributed by atoms with E-state index in [1.54, 1.807) is 18.3 Å². The van der Waals surface area contributed by atoms with Gasteiger partial charge in [0.05, 0.1) is 0 Å². The van der Waals surface area contributed by atoms with Crippen molar-refractivity contribution in [3.8, 4) is 0 Å². The van der Waals surface area contributed by atoms with E-state index < -0.39 is 0 Å². The van der Waals surface area contributed by atoms with Crippen LogP contribution in [0.25, 0.3) is 0 Å². The van der Waals surface area contributed by atoms with Crippen molar-refractivity contribution < 1.29 is 4.79 Å². The molecule has 0 saturated carbocycles. The average molecular weight is 354 g/mol. The lowest BCUT2D eigenvalue weighted by Crippen LogP contribution is -2.34. The van der Waals surface area contributed by atoms with Gasteiger partial charge in [0.2, 0.25) is 0 Å². The summed E-state index contributed by atoms with van der Waals surface area (Å²) in [6.45, 7) is 1.94. The zero-order valence-corrected chi connectivity index (χ0v) is 13.3. The molecule has 0 radical (unpaired) electrons. The predicted octanol–water partition coefficient (Wildman–Crippen LogP) is 3.86. The van der Waals surface area contributed by atoms with E-state index in [2.05, 4.69) is 26.2 Å². The van der Waals surface area contributed by atoms with Crippen molar-refractivity contribution in [2.75, 3.05) is 0 Å². The molecule has 3 nitrogen and oxygen atoms in total. The number of hydrogen-bond donors (Lipinski definition) is 1. The van der Waals surface area contributed by atoms with Gasteiger partial charge in [0.25, 0.3) is 5.91 Å². The monoisotopic (exact) mass is 352 g/mol. The van der Waals surface area contributed by atoms with Gasteiger partial charge in [0.15, 0.2) is 0 Å². The highest BCUT2D eigenvalue weighted by Crippen LogP contribution is 2.16. The van der Waals surface area contributed by atoms with E-state index >= 15 is 0 Å². The average Bonchev–Trinajstić information content (AvgIpc) is 2.42. The maximum atomic E-state index is 12.0. The highest BCUT2D eigenvalue weighted by molar-refractivity contribution is 9.10. The summed E-state index contributed by atoms with van der Waals surface area (Å²) < 4.78 is 0.846. The third kappa shape index (κ3) is 4.05. The first kappa shape index (κ1) is 15.0. The zero-order chi connectivity index (χ0) is 14.5. The van der Waals surface area contributed by atoms with Crippen molar-refractivity contribution >= 4 is 33.4 Å². The Morgan fingerprint density at radius 1 is 1.35 bits per heavy atom. The van der Waals surface area contributed by atoms with E-state index in [-0.39, 0.29) is 11.9 Å². The summed E-state index contributed by atoms with van der Waals surface area (Å²) in [4.78, 5) is 16.1. The van der Waals surface area contributed by atoms with Gasteiger partial charge in [-0.15, -0.1) is 0 Å². The molecule has 1 aromatic carbocycles. The number of carbonyl (C=O) groups is 1. The molecule has 0 saturated heterocycles. The van der Waals surface area contributed by atoms with E-state index in [0.717, 1.165) is 15.1 Å². The largest absolute Gasteiger partial charge is 0.348 e. The highest BCUT2D eigenvalue weighted by atomic mass is 79.9. The molecule has 2 aromatic rings. The minimum atomic E-state index is -0.183. The molecule has 0 spiro atoms. The van der Waals surface area contributed by atoms with Crippen LogP contribution in [-0.4, -0.2) is 16.9 Å². The summed E-state index contributed by atoms with van der Waals surface area (Å²) in [7, 11) is 0. The fraction of sp³-hybridized carbons (Fsp3) is 0.200. The molecular weight excluding hydrogens is 340 g/mol. The number of nitrogens with zero attached hydrogens (tertiary/aromatic N) is 1. The SMILES string of the molecule is CC(Cc1ccccc1Cl)NC(=O)c1ccc(Br)cn1. The first-order valence-electron chi connectivity index (χ1n) is 6.22. The molecule has 0 bridgehead atoms. The van der Waals surface area contributed by atoms with Crippen LogP contribution < -0.4 is 5.32 Å². The number of aromatic nitrogens is 1. The number of halogens is 2. The van der Waals surface area contributed by atoms with E-state index in [1.807, 2.05) is 31.2 Å². The van der Waals surface area contributed by atoms with Crippen molar-refractivity contribution in [1.29, 1.82) is 0 Å². The molecule has 5 heteroatoms. The molecular formula is C15H14BrClN2O. The first-order valence-corrected chi connectivity index (χ1v) is 7.39. The van der Waals surface area contributed by atoms with Crippen LogP contribution in [0.3, 0.4) is 0 Å². The smallest absolute Gasteiger partial charge is 0.270 e. The maximum Gasteiger partial charge on any atom is 0.270 e. The Bertz CT molecular complexity index is 601. The minimum absolute atomic E-state index is 0.0205. The molecule has 1 N–H and O–H groups in total. The Kier molecular flexibility index (Phi) is 5.15. The topological polar surface area (TPSA) is 42.0 Å². The van der Waals surface area contributed by atoms with Crippen molar-refractivity contribution in [3.05, 3.63) is 63.3 Å². The van der Waals surface area contributed by atoms with Gasteiger partial charge >= 0.3 is 0 Å². The lowest BCUT2D eigenvalue weighted by molar-refractivity contribution is 0.0935. The first-order chi connectivity index (χ1) is 9.56. The van der Waals surface area contributed by atoms with E-state index in [1.165, 1.54) is 0 Å². The number of rotatable bonds is 4. The fourth-order valence-electron chi connectivity index (χ4n) is 1.85. The van der Waals surface area contributed by atoms with Gasteiger partial charge in [-0.25, -0.2) is 4.98 Å². The third-order valence-electron chi connectivity index (χ3n) is 2.82. The molecule has 0 aliphatic rings. The van der Waals surface area contributed by atoms with Gasteiger partial charge < -0.3 is 5.32 Å². The Morgan fingerprint density at radius 3 is 2.75 bits per heavy atom. The normalized spacial score (nSPS) is 11.9. The Balaban J connectivity index is 1.98. The Morgan fingerprint density at radius 2 is 2.10 bits per heavy atom.